The fraction of sp³-hybridized carbons (Fsp3) is 0.111. The lowest BCUT2D eigenvalue weighted by molar-refractivity contribution is -0.132. The van der Waals surface area contributed by atoms with E-state index in [1.165, 1.54) is 20.3 Å². The normalized spacial score (nSPS) is 10.8. The van der Waals surface area contributed by atoms with Gasteiger partial charge in [0.15, 0.2) is 0 Å². The molecule has 2 aromatic rings. The van der Waals surface area contributed by atoms with E-state index in [1.807, 2.05) is 0 Å². The van der Waals surface area contributed by atoms with E-state index in [-0.39, 0.29) is 5.70 Å². The summed E-state index contributed by atoms with van der Waals surface area (Å²) >= 11 is 0. The lowest BCUT2D eigenvalue weighted by atomic mass is 10.1. The number of amides is 1. The molecule has 0 radical (unpaired) electrons. The molecule has 0 atom stereocenters. The molecule has 2 aromatic carbocycles. The monoisotopic (exact) mass is 327 g/mol. The summed E-state index contributed by atoms with van der Waals surface area (Å²) in [5.41, 5.74) is 0.497. The topological polar surface area (TPSA) is 84.9 Å². The number of rotatable bonds is 6. The van der Waals surface area contributed by atoms with Crippen molar-refractivity contribution in [3.63, 3.8) is 0 Å². The first-order chi connectivity index (χ1) is 11.6. The second kappa shape index (κ2) is 7.82. The van der Waals surface area contributed by atoms with Gasteiger partial charge >= 0.3 is 5.97 Å². The smallest absolute Gasteiger partial charge is 0.352 e. The van der Waals surface area contributed by atoms with Crippen molar-refractivity contribution < 1.29 is 24.2 Å². The number of hydrogen-bond donors (Lipinski definition) is 2. The molecule has 0 aliphatic heterocycles. The maximum atomic E-state index is 12.2. The molecule has 0 aromatic heterocycles. The van der Waals surface area contributed by atoms with Crippen molar-refractivity contribution in [2.75, 3.05) is 14.2 Å². The van der Waals surface area contributed by atoms with Gasteiger partial charge in [0, 0.05) is 5.56 Å². The summed E-state index contributed by atoms with van der Waals surface area (Å²) in [6, 6.07) is 13.4. The van der Waals surface area contributed by atoms with Crippen LogP contribution in [0.1, 0.15) is 15.9 Å². The quantitative estimate of drug-likeness (QED) is 0.797. The fourth-order valence-corrected chi connectivity index (χ4v) is 2.10. The third-order valence-corrected chi connectivity index (χ3v) is 3.27. The van der Waals surface area contributed by atoms with E-state index in [4.69, 9.17) is 9.47 Å². The molecule has 6 heteroatoms. The Labute approximate surface area is 139 Å². The van der Waals surface area contributed by atoms with Gasteiger partial charge in [0.25, 0.3) is 5.91 Å². The first kappa shape index (κ1) is 17.1. The van der Waals surface area contributed by atoms with Crippen LogP contribution in [0.5, 0.6) is 11.5 Å². The van der Waals surface area contributed by atoms with Gasteiger partial charge in [-0.15, -0.1) is 0 Å². The number of aliphatic carboxylic acids is 1. The molecule has 0 aliphatic carbocycles. The number of methoxy groups -OCH3 is 2. The van der Waals surface area contributed by atoms with Gasteiger partial charge in [0.1, 0.15) is 17.2 Å². The van der Waals surface area contributed by atoms with Gasteiger partial charge < -0.3 is 19.9 Å². The van der Waals surface area contributed by atoms with Crippen molar-refractivity contribution in [3.05, 3.63) is 65.4 Å². The third kappa shape index (κ3) is 3.92. The van der Waals surface area contributed by atoms with Gasteiger partial charge in [-0.2, -0.15) is 0 Å². The number of benzene rings is 2. The Bertz CT molecular complexity index is 746. The standard InChI is InChI=1S/C18H17NO5/c1-23-15-9-6-10-16(24-2)13(15)11-14(18(21)22)19-17(20)12-7-4-3-5-8-12/h3-11H,1-2H3,(H,19,20)(H,21,22)/b14-11+. The minimum absolute atomic E-state index is 0.286. The first-order valence-corrected chi connectivity index (χ1v) is 7.09. The van der Waals surface area contributed by atoms with Crippen LogP contribution in [-0.4, -0.2) is 31.2 Å². The van der Waals surface area contributed by atoms with Crippen LogP contribution in [0.15, 0.2) is 54.2 Å². The number of ether oxygens (including phenoxy) is 2. The van der Waals surface area contributed by atoms with E-state index in [2.05, 4.69) is 5.32 Å². The summed E-state index contributed by atoms with van der Waals surface area (Å²) in [5.74, 6) is -0.922. The van der Waals surface area contributed by atoms with E-state index in [9.17, 15) is 14.7 Å². The zero-order valence-electron chi connectivity index (χ0n) is 13.3. The highest BCUT2D eigenvalue weighted by molar-refractivity contribution is 6.03. The van der Waals surface area contributed by atoms with Crippen molar-refractivity contribution in [1.29, 1.82) is 0 Å². The second-order valence-electron chi connectivity index (χ2n) is 4.76. The summed E-state index contributed by atoms with van der Waals surface area (Å²) in [5, 5.41) is 11.8. The maximum absolute atomic E-state index is 12.2. The zero-order chi connectivity index (χ0) is 17.5. The number of hydrogen-bond acceptors (Lipinski definition) is 4. The van der Waals surface area contributed by atoms with Gasteiger partial charge in [-0.25, -0.2) is 4.79 Å². The van der Waals surface area contributed by atoms with Gasteiger partial charge in [-0.3, -0.25) is 4.79 Å². The molecule has 0 saturated heterocycles. The number of carbonyl (C=O) groups is 2. The summed E-state index contributed by atoms with van der Waals surface area (Å²) in [6.07, 6.45) is 1.31. The summed E-state index contributed by atoms with van der Waals surface area (Å²) in [6.45, 7) is 0. The molecule has 2 rings (SSSR count). The number of carbonyl (C=O) groups excluding carboxylic acids is 1. The highest BCUT2D eigenvalue weighted by Gasteiger charge is 2.16. The SMILES string of the molecule is COc1cccc(OC)c1/C=C(/NC(=O)c1ccccc1)C(=O)O. The Morgan fingerprint density at radius 2 is 1.54 bits per heavy atom. The molecule has 0 fully saturated rings. The average Bonchev–Trinajstić information content (AvgIpc) is 2.61. The third-order valence-electron chi connectivity index (χ3n) is 3.27. The molecule has 0 saturated carbocycles. The molecule has 0 spiro atoms. The molecule has 0 heterocycles. The van der Waals surface area contributed by atoms with Gasteiger partial charge in [-0.1, -0.05) is 24.3 Å². The molecule has 0 aliphatic rings. The maximum Gasteiger partial charge on any atom is 0.352 e. The Morgan fingerprint density at radius 1 is 0.958 bits per heavy atom. The summed E-state index contributed by atoms with van der Waals surface area (Å²) in [7, 11) is 2.93. The predicted octanol–water partition coefficient (Wildman–Crippen LogP) is 2.56. The molecule has 1 amide bonds. The highest BCUT2D eigenvalue weighted by Crippen LogP contribution is 2.30. The Hall–Kier alpha value is -3.28. The van der Waals surface area contributed by atoms with Crippen LogP contribution in [0.3, 0.4) is 0 Å². The van der Waals surface area contributed by atoms with Crippen LogP contribution in [0, 0.1) is 0 Å². The van der Waals surface area contributed by atoms with Crippen LogP contribution in [0.2, 0.25) is 0 Å². The van der Waals surface area contributed by atoms with Gasteiger partial charge in [-0.05, 0) is 30.3 Å². The molecule has 24 heavy (non-hydrogen) atoms. The molecule has 2 N–H and O–H groups in total. The highest BCUT2D eigenvalue weighted by atomic mass is 16.5. The fourth-order valence-electron chi connectivity index (χ4n) is 2.10. The van der Waals surface area contributed by atoms with Gasteiger partial charge in [0.2, 0.25) is 0 Å². The van der Waals surface area contributed by atoms with Crippen LogP contribution in [-0.2, 0) is 4.79 Å². The van der Waals surface area contributed by atoms with Crippen molar-refractivity contribution in [3.8, 4) is 11.5 Å². The Morgan fingerprint density at radius 3 is 2.04 bits per heavy atom. The largest absolute Gasteiger partial charge is 0.496 e. The van der Waals surface area contributed by atoms with Crippen molar-refractivity contribution in [1.82, 2.24) is 5.32 Å². The van der Waals surface area contributed by atoms with Crippen molar-refractivity contribution in [2.24, 2.45) is 0 Å². The molecule has 0 unspecified atom stereocenters. The minimum atomic E-state index is -1.27. The Balaban J connectivity index is 2.40. The van der Waals surface area contributed by atoms with E-state index in [0.29, 0.717) is 22.6 Å². The van der Waals surface area contributed by atoms with Gasteiger partial charge in [0.05, 0.1) is 19.8 Å². The summed E-state index contributed by atoms with van der Waals surface area (Å²) in [4.78, 5) is 23.7. The number of carboxylic acid groups (broad SMARTS) is 1. The predicted molar refractivity (Wildman–Crippen MR) is 89.1 cm³/mol. The average molecular weight is 327 g/mol. The number of carboxylic acids is 1. The lowest BCUT2D eigenvalue weighted by Crippen LogP contribution is -2.27. The van der Waals surface area contributed by atoms with Crippen molar-refractivity contribution in [2.45, 2.75) is 0 Å². The van der Waals surface area contributed by atoms with E-state index >= 15 is 0 Å². The van der Waals surface area contributed by atoms with Crippen LogP contribution >= 0.6 is 0 Å². The van der Waals surface area contributed by atoms with Crippen LogP contribution in [0.25, 0.3) is 6.08 Å². The molecular formula is C18H17NO5. The number of nitrogens with one attached hydrogen (secondary N) is 1. The molecule has 0 bridgehead atoms. The zero-order valence-corrected chi connectivity index (χ0v) is 13.3. The van der Waals surface area contributed by atoms with Crippen LogP contribution in [0.4, 0.5) is 0 Å². The molecular weight excluding hydrogens is 310 g/mol. The van der Waals surface area contributed by atoms with E-state index in [0.717, 1.165) is 0 Å². The molecule has 6 nitrogen and oxygen atoms in total. The second-order valence-corrected chi connectivity index (χ2v) is 4.76. The van der Waals surface area contributed by atoms with Crippen molar-refractivity contribution >= 4 is 18.0 Å². The van der Waals surface area contributed by atoms with E-state index < -0.39 is 11.9 Å². The summed E-state index contributed by atoms with van der Waals surface area (Å²) < 4.78 is 10.5. The lowest BCUT2D eigenvalue weighted by Gasteiger charge is -2.12. The van der Waals surface area contributed by atoms with E-state index in [1.54, 1.807) is 48.5 Å². The molecule has 124 valence electrons. The van der Waals surface area contributed by atoms with Crippen LogP contribution < -0.4 is 14.8 Å². The Kier molecular flexibility index (Phi) is 5.57. The minimum Gasteiger partial charge on any atom is -0.496 e. The first-order valence-electron chi connectivity index (χ1n) is 7.09.